The molecule has 2 atom stereocenters. The average molecular weight is 650 g/mol. The summed E-state index contributed by atoms with van der Waals surface area (Å²) in [6.07, 6.45) is -0.278. The van der Waals surface area contributed by atoms with Crippen molar-refractivity contribution in [2.24, 2.45) is 5.92 Å². The number of rotatable bonds is 11. The molecule has 2 N–H and O–H groups in total. The molecule has 2 heterocycles. The second kappa shape index (κ2) is 13.7. The lowest BCUT2D eigenvalue weighted by Gasteiger charge is -2.18. The zero-order valence-electron chi connectivity index (χ0n) is 26.9. The van der Waals surface area contributed by atoms with Crippen molar-refractivity contribution in [2.45, 2.75) is 32.3 Å². The van der Waals surface area contributed by atoms with Gasteiger partial charge in [0.05, 0.1) is 17.7 Å². The summed E-state index contributed by atoms with van der Waals surface area (Å²) in [6.45, 7) is 4.92. The number of amides is 4. The molecule has 2 unspecified atom stereocenters. The van der Waals surface area contributed by atoms with E-state index in [1.807, 2.05) is 26.0 Å². The molecule has 246 valence electrons. The number of benzene rings is 4. The molecule has 4 aromatic rings. The zero-order chi connectivity index (χ0) is 33.9. The van der Waals surface area contributed by atoms with Crippen LogP contribution in [0.2, 0.25) is 0 Å². The van der Waals surface area contributed by atoms with Crippen LogP contribution in [0.15, 0.2) is 84.9 Å². The van der Waals surface area contributed by atoms with Crippen LogP contribution in [0.5, 0.6) is 11.5 Å². The van der Waals surface area contributed by atoms with Gasteiger partial charge in [-0.15, -0.1) is 0 Å². The minimum absolute atomic E-state index is 0.187. The summed E-state index contributed by atoms with van der Waals surface area (Å²) in [5, 5.41) is 5.67. The van der Waals surface area contributed by atoms with Gasteiger partial charge in [0, 0.05) is 36.8 Å². The molecular weight excluding hydrogens is 613 g/mol. The number of hydrogen-bond acceptors (Lipinski definition) is 6. The van der Waals surface area contributed by atoms with Gasteiger partial charge in [-0.2, -0.15) is 0 Å². The van der Waals surface area contributed by atoms with E-state index in [1.54, 1.807) is 67.7 Å². The third-order valence-corrected chi connectivity index (χ3v) is 8.51. The Labute approximate surface area is 278 Å². The molecule has 0 aromatic heterocycles. The number of carbonyl (C=O) groups excluding carboxylic acids is 4. The summed E-state index contributed by atoms with van der Waals surface area (Å²) in [4.78, 5) is 53.1. The largest absolute Gasteiger partial charge is 0.493 e. The first-order valence-electron chi connectivity index (χ1n) is 15.9. The summed E-state index contributed by atoms with van der Waals surface area (Å²) in [5.74, 6) is -0.947. The molecule has 2 aliphatic rings. The maximum atomic E-state index is 13.7. The number of ether oxygens (including phenoxy) is 2. The highest BCUT2D eigenvalue weighted by atomic mass is 19.1. The number of fused-ring (bicyclic) bond motifs is 2. The number of likely N-dealkylation sites (N-methyl/N-ethyl adjacent to an activating group) is 1. The van der Waals surface area contributed by atoms with Crippen LogP contribution in [0.3, 0.4) is 0 Å². The van der Waals surface area contributed by atoms with Gasteiger partial charge in [0.15, 0.2) is 0 Å². The maximum absolute atomic E-state index is 13.7. The monoisotopic (exact) mass is 649 g/mol. The van der Waals surface area contributed by atoms with E-state index >= 15 is 0 Å². The van der Waals surface area contributed by atoms with E-state index in [1.165, 1.54) is 17.0 Å². The molecule has 0 bridgehead atoms. The van der Waals surface area contributed by atoms with Crippen molar-refractivity contribution >= 4 is 23.6 Å². The molecule has 4 aromatic carbocycles. The van der Waals surface area contributed by atoms with Crippen LogP contribution in [0.4, 0.5) is 4.39 Å². The molecule has 0 spiro atoms. The van der Waals surface area contributed by atoms with E-state index in [4.69, 9.17) is 9.47 Å². The van der Waals surface area contributed by atoms with Crippen LogP contribution in [-0.4, -0.2) is 55.3 Å². The molecule has 0 saturated heterocycles. The van der Waals surface area contributed by atoms with Crippen LogP contribution in [0.25, 0.3) is 11.1 Å². The van der Waals surface area contributed by atoms with Gasteiger partial charge >= 0.3 is 0 Å². The third-order valence-electron chi connectivity index (χ3n) is 8.51. The molecule has 4 amide bonds. The summed E-state index contributed by atoms with van der Waals surface area (Å²) in [5.41, 5.74) is 3.86. The van der Waals surface area contributed by atoms with Crippen molar-refractivity contribution in [3.63, 3.8) is 0 Å². The van der Waals surface area contributed by atoms with Crippen molar-refractivity contribution in [3.05, 3.63) is 119 Å². The second-order valence-corrected chi connectivity index (χ2v) is 12.3. The first-order valence-corrected chi connectivity index (χ1v) is 15.9. The van der Waals surface area contributed by atoms with E-state index in [0.717, 1.165) is 0 Å². The maximum Gasteiger partial charge on any atom is 0.261 e. The molecule has 0 fully saturated rings. The van der Waals surface area contributed by atoms with Gasteiger partial charge in [-0.3, -0.25) is 24.1 Å². The molecular formula is C38H36FN3O6. The van der Waals surface area contributed by atoms with Crippen LogP contribution in [0.1, 0.15) is 74.5 Å². The van der Waals surface area contributed by atoms with Gasteiger partial charge in [0.2, 0.25) is 5.91 Å². The Kier molecular flexibility index (Phi) is 9.25. The second-order valence-electron chi connectivity index (χ2n) is 12.3. The van der Waals surface area contributed by atoms with Crippen molar-refractivity contribution in [1.82, 2.24) is 15.5 Å². The Morgan fingerprint density at radius 1 is 0.917 bits per heavy atom. The molecule has 0 aliphatic carbocycles. The van der Waals surface area contributed by atoms with E-state index in [-0.39, 0.29) is 48.5 Å². The molecule has 2 aliphatic heterocycles. The molecule has 0 radical (unpaired) electrons. The normalized spacial score (nSPS) is 16.4. The van der Waals surface area contributed by atoms with Gasteiger partial charge < -0.3 is 20.1 Å². The van der Waals surface area contributed by atoms with Crippen LogP contribution in [0, 0.1) is 11.7 Å². The van der Waals surface area contributed by atoms with Crippen molar-refractivity contribution < 1.29 is 33.0 Å². The lowest BCUT2D eigenvalue weighted by Crippen LogP contribution is -2.31. The number of halogens is 1. The Morgan fingerprint density at radius 2 is 1.62 bits per heavy atom. The van der Waals surface area contributed by atoms with Crippen LogP contribution < -0.4 is 20.1 Å². The summed E-state index contributed by atoms with van der Waals surface area (Å²) in [7, 11) is 1.55. The van der Waals surface area contributed by atoms with Gasteiger partial charge in [-0.05, 0) is 78.1 Å². The zero-order valence-corrected chi connectivity index (χ0v) is 26.9. The molecule has 0 saturated carbocycles. The highest BCUT2D eigenvalue weighted by Crippen LogP contribution is 2.48. The number of nitrogens with zero attached hydrogens (tertiary/aromatic N) is 1. The number of carbonyl (C=O) groups is 4. The lowest BCUT2D eigenvalue weighted by atomic mass is 9.88. The van der Waals surface area contributed by atoms with Gasteiger partial charge in [0.25, 0.3) is 17.7 Å². The Hall–Kier alpha value is -5.51. The molecule has 48 heavy (non-hydrogen) atoms. The SMILES string of the molecule is CNC(=O)C1c2cc(-c3cc(C(=O)NCC(C)C)ccc3OCCCN3C(=O)c4ccccc4C3=O)ccc2OC1c1ccc(F)cc1. The lowest BCUT2D eigenvalue weighted by molar-refractivity contribution is -0.123. The van der Waals surface area contributed by atoms with E-state index < -0.39 is 12.0 Å². The summed E-state index contributed by atoms with van der Waals surface area (Å²) >= 11 is 0. The van der Waals surface area contributed by atoms with Gasteiger partial charge in [-0.1, -0.05) is 44.2 Å². The fraction of sp³-hybridized carbons (Fsp3) is 0.263. The van der Waals surface area contributed by atoms with E-state index in [0.29, 0.717) is 63.4 Å². The fourth-order valence-corrected chi connectivity index (χ4v) is 6.05. The van der Waals surface area contributed by atoms with Gasteiger partial charge in [-0.25, -0.2) is 4.39 Å². The van der Waals surface area contributed by atoms with Crippen LogP contribution >= 0.6 is 0 Å². The smallest absolute Gasteiger partial charge is 0.261 e. The Balaban J connectivity index is 1.27. The predicted octanol–water partition coefficient (Wildman–Crippen LogP) is 5.91. The number of imide groups is 1. The highest BCUT2D eigenvalue weighted by Gasteiger charge is 2.40. The standard InChI is InChI=1S/C38H36FN3O6/c1-22(2)21-41-35(43)25-12-15-31(47-18-6-17-42-37(45)27-7-4-5-8-28(27)38(42)46)29(20-25)24-11-16-32-30(19-24)33(36(44)40-3)34(48-32)23-9-13-26(39)14-10-23/h4-5,7-16,19-20,22,33-34H,6,17-18,21H2,1-3H3,(H,40,44)(H,41,43). The van der Waals surface area contributed by atoms with Gasteiger partial charge in [0.1, 0.15) is 29.3 Å². The summed E-state index contributed by atoms with van der Waals surface area (Å²) < 4.78 is 26.2. The van der Waals surface area contributed by atoms with Crippen LogP contribution in [-0.2, 0) is 4.79 Å². The topological polar surface area (TPSA) is 114 Å². The quantitative estimate of drug-likeness (QED) is 0.154. The number of hydrogen-bond donors (Lipinski definition) is 2. The minimum Gasteiger partial charge on any atom is -0.493 e. The molecule has 9 nitrogen and oxygen atoms in total. The highest BCUT2D eigenvalue weighted by molar-refractivity contribution is 6.21. The fourth-order valence-electron chi connectivity index (χ4n) is 6.05. The van der Waals surface area contributed by atoms with E-state index in [2.05, 4.69) is 10.6 Å². The third kappa shape index (κ3) is 6.38. The average Bonchev–Trinajstić information content (AvgIpc) is 3.59. The first-order chi connectivity index (χ1) is 23.2. The Bertz CT molecular complexity index is 1860. The molecule has 10 heteroatoms. The molecule has 6 rings (SSSR count). The minimum atomic E-state index is -0.711. The Morgan fingerprint density at radius 3 is 2.29 bits per heavy atom. The first kappa shape index (κ1) is 32.4. The van der Waals surface area contributed by atoms with Crippen molar-refractivity contribution in [3.8, 4) is 22.6 Å². The van der Waals surface area contributed by atoms with Crippen molar-refractivity contribution in [2.75, 3.05) is 26.7 Å². The van der Waals surface area contributed by atoms with Crippen molar-refractivity contribution in [1.29, 1.82) is 0 Å². The number of nitrogens with one attached hydrogen (secondary N) is 2. The predicted molar refractivity (Wildman–Crippen MR) is 178 cm³/mol. The summed E-state index contributed by atoms with van der Waals surface area (Å²) in [6, 6.07) is 23.3. The van der Waals surface area contributed by atoms with E-state index in [9.17, 15) is 23.6 Å².